The molecule has 5 rings (SSSR count). The van der Waals surface area contributed by atoms with Crippen LogP contribution in [-0.2, 0) is 6.42 Å². The van der Waals surface area contributed by atoms with Gasteiger partial charge in [-0.15, -0.1) is 5.10 Å². The normalized spacial score (nSPS) is 18.9. The van der Waals surface area contributed by atoms with Crippen LogP contribution >= 0.6 is 0 Å². The molecule has 1 aliphatic heterocycles. The van der Waals surface area contributed by atoms with Crippen LogP contribution in [0.3, 0.4) is 0 Å². The first-order valence-electron chi connectivity index (χ1n) is 14.0. The maximum Gasteiger partial charge on any atom is 0.235 e. The highest BCUT2D eigenvalue weighted by molar-refractivity contribution is 5.67. The van der Waals surface area contributed by atoms with E-state index in [4.69, 9.17) is 9.47 Å². The van der Waals surface area contributed by atoms with Crippen LogP contribution in [0.15, 0.2) is 41.6 Å². The second kappa shape index (κ2) is 11.9. The first-order chi connectivity index (χ1) is 17.3. The Morgan fingerprint density at radius 2 is 1.71 bits per heavy atom. The van der Waals surface area contributed by atoms with Gasteiger partial charge in [0.25, 0.3) is 0 Å². The van der Waals surface area contributed by atoms with Crippen LogP contribution in [0.1, 0.15) is 96.1 Å². The van der Waals surface area contributed by atoms with Gasteiger partial charge in [0.2, 0.25) is 5.88 Å². The lowest BCUT2D eigenvalue weighted by atomic mass is 9.90. The summed E-state index contributed by atoms with van der Waals surface area (Å²) >= 11 is 0. The number of ether oxygens (including phenoxy) is 2. The summed E-state index contributed by atoms with van der Waals surface area (Å²) in [4.78, 5) is 2.43. The Labute approximate surface area is 210 Å². The van der Waals surface area contributed by atoms with Crippen molar-refractivity contribution in [3.05, 3.63) is 47.3 Å². The minimum absolute atomic E-state index is 0.367. The van der Waals surface area contributed by atoms with Gasteiger partial charge in [0.05, 0.1) is 11.8 Å². The monoisotopic (exact) mass is 475 g/mol. The van der Waals surface area contributed by atoms with Crippen molar-refractivity contribution in [3.63, 3.8) is 0 Å². The largest absolute Gasteiger partial charge is 0.490 e. The number of nitrogens with zero attached hydrogens (tertiary/aromatic N) is 3. The maximum absolute atomic E-state index is 6.25. The van der Waals surface area contributed by atoms with Crippen LogP contribution in [0.2, 0.25) is 0 Å². The molecule has 2 heterocycles. The van der Waals surface area contributed by atoms with E-state index in [0.717, 1.165) is 48.4 Å². The van der Waals surface area contributed by atoms with Crippen molar-refractivity contribution in [3.8, 4) is 22.8 Å². The Hall–Kier alpha value is -2.56. The van der Waals surface area contributed by atoms with E-state index in [9.17, 15) is 0 Å². The fourth-order valence-corrected chi connectivity index (χ4v) is 5.84. The molecule has 2 aromatic rings. The van der Waals surface area contributed by atoms with Crippen LogP contribution in [0.5, 0.6) is 11.6 Å². The first kappa shape index (κ1) is 24.1. The van der Waals surface area contributed by atoms with E-state index < -0.39 is 0 Å². The van der Waals surface area contributed by atoms with Crippen LogP contribution in [-0.4, -0.2) is 34.5 Å². The number of benzene rings is 1. The van der Waals surface area contributed by atoms with Gasteiger partial charge < -0.3 is 14.4 Å². The zero-order chi connectivity index (χ0) is 23.9. The lowest BCUT2D eigenvalue weighted by Crippen LogP contribution is -2.33. The van der Waals surface area contributed by atoms with Gasteiger partial charge in [-0.05, 0) is 94.7 Å². The summed E-state index contributed by atoms with van der Waals surface area (Å²) in [7, 11) is 0. The molecule has 2 aliphatic carbocycles. The standard InChI is InChI=1S/C30H41N3O2/c1-2-3-14-28-27(23-16-18-26(19-17-23)35-25-12-5-4-6-13-25)21-30(32-31-28)34-22-33-20-9-11-24-10-7-8-15-29(24)33/h16-19,21,25H,2-15,20,22H2,1H3. The van der Waals surface area contributed by atoms with E-state index >= 15 is 0 Å². The molecule has 0 bridgehead atoms. The van der Waals surface area contributed by atoms with Crippen molar-refractivity contribution in [2.24, 2.45) is 0 Å². The van der Waals surface area contributed by atoms with Gasteiger partial charge >= 0.3 is 0 Å². The molecule has 1 fully saturated rings. The molecule has 0 amide bonds. The molecule has 1 aromatic carbocycles. The van der Waals surface area contributed by atoms with Crippen LogP contribution < -0.4 is 9.47 Å². The summed E-state index contributed by atoms with van der Waals surface area (Å²) in [5.41, 5.74) is 6.52. The minimum atomic E-state index is 0.367. The summed E-state index contributed by atoms with van der Waals surface area (Å²) in [5, 5.41) is 9.08. The second-order valence-corrected chi connectivity index (χ2v) is 10.4. The predicted molar refractivity (Wildman–Crippen MR) is 141 cm³/mol. The molecule has 1 saturated carbocycles. The summed E-state index contributed by atoms with van der Waals surface area (Å²) in [6, 6.07) is 10.6. The van der Waals surface area contributed by atoms with Gasteiger partial charge in [-0.3, -0.25) is 0 Å². The fraction of sp³-hybridized carbons (Fsp3) is 0.600. The van der Waals surface area contributed by atoms with Gasteiger partial charge in [-0.1, -0.05) is 37.5 Å². The van der Waals surface area contributed by atoms with Crippen molar-refractivity contribution in [2.45, 2.75) is 103 Å². The topological polar surface area (TPSA) is 47.5 Å². The van der Waals surface area contributed by atoms with Gasteiger partial charge in [0, 0.05) is 23.9 Å². The zero-order valence-corrected chi connectivity index (χ0v) is 21.4. The van der Waals surface area contributed by atoms with Crippen LogP contribution in [0.4, 0.5) is 0 Å². The number of allylic oxidation sites excluding steroid dienone is 2. The van der Waals surface area contributed by atoms with Gasteiger partial charge in [-0.2, -0.15) is 5.10 Å². The van der Waals surface area contributed by atoms with E-state index in [2.05, 4.69) is 52.4 Å². The highest BCUT2D eigenvalue weighted by Gasteiger charge is 2.23. The molecule has 5 heteroatoms. The van der Waals surface area contributed by atoms with Gasteiger partial charge in [0.1, 0.15) is 5.75 Å². The number of hydrogen-bond donors (Lipinski definition) is 0. The highest BCUT2D eigenvalue weighted by Crippen LogP contribution is 2.34. The molecule has 0 radical (unpaired) electrons. The molecule has 0 spiro atoms. The third-order valence-electron chi connectivity index (χ3n) is 7.84. The Morgan fingerprint density at radius 3 is 2.54 bits per heavy atom. The van der Waals surface area contributed by atoms with Gasteiger partial charge in [-0.25, -0.2) is 0 Å². The third kappa shape index (κ3) is 6.17. The molecular weight excluding hydrogens is 434 g/mol. The van der Waals surface area contributed by atoms with E-state index in [0.29, 0.717) is 18.7 Å². The van der Waals surface area contributed by atoms with Crippen molar-refractivity contribution >= 4 is 0 Å². The number of aromatic nitrogens is 2. The molecule has 1 aromatic heterocycles. The maximum atomic E-state index is 6.25. The van der Waals surface area contributed by atoms with E-state index in [1.165, 1.54) is 76.3 Å². The Kier molecular flexibility index (Phi) is 8.22. The number of unbranched alkanes of at least 4 members (excludes halogenated alkanes) is 1. The number of hydrogen-bond acceptors (Lipinski definition) is 5. The lowest BCUT2D eigenvalue weighted by molar-refractivity contribution is 0.136. The van der Waals surface area contributed by atoms with Crippen LogP contribution in [0.25, 0.3) is 11.1 Å². The first-order valence-corrected chi connectivity index (χ1v) is 14.0. The SMILES string of the molecule is CCCCc1nnc(OCN2CCCC3=C2CCCC3)cc1-c1ccc(OC2CCCCC2)cc1. The quantitative estimate of drug-likeness (QED) is 0.377. The van der Waals surface area contributed by atoms with E-state index in [-0.39, 0.29) is 0 Å². The van der Waals surface area contributed by atoms with Crippen molar-refractivity contribution in [1.82, 2.24) is 15.1 Å². The molecule has 188 valence electrons. The fourth-order valence-electron chi connectivity index (χ4n) is 5.84. The van der Waals surface area contributed by atoms with E-state index in [1.54, 1.807) is 5.57 Å². The highest BCUT2D eigenvalue weighted by atomic mass is 16.5. The molecule has 0 saturated heterocycles. The second-order valence-electron chi connectivity index (χ2n) is 10.4. The zero-order valence-electron chi connectivity index (χ0n) is 21.4. The molecule has 35 heavy (non-hydrogen) atoms. The smallest absolute Gasteiger partial charge is 0.235 e. The molecule has 0 unspecified atom stereocenters. The minimum Gasteiger partial charge on any atom is -0.490 e. The average Bonchev–Trinajstić information content (AvgIpc) is 2.92. The molecule has 0 N–H and O–H groups in total. The summed E-state index contributed by atoms with van der Waals surface area (Å²) in [6.07, 6.45) is 17.4. The number of aryl methyl sites for hydroxylation is 1. The summed E-state index contributed by atoms with van der Waals surface area (Å²) in [5.74, 6) is 1.59. The van der Waals surface area contributed by atoms with Crippen molar-refractivity contribution in [2.75, 3.05) is 13.3 Å². The predicted octanol–water partition coefficient (Wildman–Crippen LogP) is 7.46. The lowest BCUT2D eigenvalue weighted by Gasteiger charge is -2.36. The van der Waals surface area contributed by atoms with Crippen molar-refractivity contribution in [1.29, 1.82) is 0 Å². The summed E-state index contributed by atoms with van der Waals surface area (Å²) in [6.45, 7) is 3.86. The number of rotatable bonds is 9. The Morgan fingerprint density at radius 1 is 0.914 bits per heavy atom. The van der Waals surface area contributed by atoms with Crippen molar-refractivity contribution < 1.29 is 9.47 Å². The van der Waals surface area contributed by atoms with Crippen LogP contribution in [0, 0.1) is 0 Å². The Balaban J connectivity index is 1.30. The third-order valence-corrected chi connectivity index (χ3v) is 7.84. The molecule has 0 atom stereocenters. The Bertz CT molecular complexity index is 991. The van der Waals surface area contributed by atoms with E-state index in [1.807, 2.05) is 0 Å². The molecule has 5 nitrogen and oxygen atoms in total. The average molecular weight is 476 g/mol. The van der Waals surface area contributed by atoms with Gasteiger partial charge in [0.15, 0.2) is 6.73 Å². The molecule has 3 aliphatic rings. The summed E-state index contributed by atoms with van der Waals surface area (Å²) < 4.78 is 12.5. The molecular formula is C30H41N3O2.